The van der Waals surface area contributed by atoms with Crippen LogP contribution in [-0.4, -0.2) is 9.91 Å². The van der Waals surface area contributed by atoms with E-state index < -0.39 is 4.92 Å². The summed E-state index contributed by atoms with van der Waals surface area (Å²) in [5.74, 6) is 0.366. The molecule has 92 valence electrons. The number of aromatic nitrogens is 1. The molecule has 1 aromatic heterocycles. The van der Waals surface area contributed by atoms with Gasteiger partial charge in [0.2, 0.25) is 11.6 Å². The average molecular weight is 245 g/mol. The van der Waals surface area contributed by atoms with Gasteiger partial charge in [0.1, 0.15) is 0 Å². The highest BCUT2D eigenvalue weighted by atomic mass is 16.6. The Morgan fingerprint density at radius 2 is 2.11 bits per heavy atom. The van der Waals surface area contributed by atoms with Crippen LogP contribution in [0.1, 0.15) is 5.56 Å². The Kier molecular flexibility index (Phi) is 3.09. The molecule has 0 atom stereocenters. The molecule has 0 aliphatic rings. The number of nitro groups is 1. The van der Waals surface area contributed by atoms with Crippen LogP contribution >= 0.6 is 0 Å². The zero-order valence-corrected chi connectivity index (χ0v) is 9.66. The molecule has 0 radical (unpaired) electrons. The predicted molar refractivity (Wildman–Crippen MR) is 66.6 cm³/mol. The van der Waals surface area contributed by atoms with Gasteiger partial charge in [-0.3, -0.25) is 10.1 Å². The minimum absolute atomic E-state index is 0.0979. The lowest BCUT2D eigenvalue weighted by molar-refractivity contribution is -0.385. The molecule has 2 aromatic rings. The van der Waals surface area contributed by atoms with Crippen molar-refractivity contribution in [2.24, 2.45) is 0 Å². The van der Waals surface area contributed by atoms with Gasteiger partial charge in [-0.1, -0.05) is 6.07 Å². The van der Waals surface area contributed by atoms with Crippen LogP contribution in [0.5, 0.6) is 11.6 Å². The van der Waals surface area contributed by atoms with Gasteiger partial charge in [-0.05, 0) is 24.6 Å². The Bertz CT molecular complexity index is 599. The van der Waals surface area contributed by atoms with E-state index >= 15 is 0 Å². The highest BCUT2D eigenvalue weighted by Crippen LogP contribution is 2.31. The summed E-state index contributed by atoms with van der Waals surface area (Å²) in [6.07, 6.45) is 1.48. The number of hydrogen-bond acceptors (Lipinski definition) is 5. The Hall–Kier alpha value is -2.63. The lowest BCUT2D eigenvalue weighted by Gasteiger charge is -2.06. The first-order chi connectivity index (χ1) is 8.56. The van der Waals surface area contributed by atoms with E-state index in [4.69, 9.17) is 10.5 Å². The third kappa shape index (κ3) is 2.54. The summed E-state index contributed by atoms with van der Waals surface area (Å²) in [4.78, 5) is 14.4. The molecule has 0 unspecified atom stereocenters. The first kappa shape index (κ1) is 11.8. The molecule has 0 fully saturated rings. The van der Waals surface area contributed by atoms with Gasteiger partial charge in [-0.15, -0.1) is 0 Å². The fourth-order valence-corrected chi connectivity index (χ4v) is 1.45. The van der Waals surface area contributed by atoms with Crippen molar-refractivity contribution in [2.45, 2.75) is 6.92 Å². The van der Waals surface area contributed by atoms with Crippen molar-refractivity contribution in [1.29, 1.82) is 0 Å². The summed E-state index contributed by atoms with van der Waals surface area (Å²) in [5, 5.41) is 10.9. The lowest BCUT2D eigenvalue weighted by Crippen LogP contribution is -1.96. The third-order valence-electron chi connectivity index (χ3n) is 2.28. The van der Waals surface area contributed by atoms with Crippen LogP contribution in [-0.2, 0) is 0 Å². The number of rotatable bonds is 3. The summed E-state index contributed by atoms with van der Waals surface area (Å²) in [5.41, 5.74) is 6.75. The molecule has 2 N–H and O–H groups in total. The van der Waals surface area contributed by atoms with Gasteiger partial charge in [-0.2, -0.15) is 0 Å². The van der Waals surface area contributed by atoms with E-state index in [1.165, 1.54) is 18.3 Å². The third-order valence-corrected chi connectivity index (χ3v) is 2.28. The molecular formula is C12H11N3O3. The Morgan fingerprint density at radius 3 is 2.78 bits per heavy atom. The minimum atomic E-state index is -0.491. The topological polar surface area (TPSA) is 91.3 Å². The smallest absolute Gasteiger partial charge is 0.311 e. The Labute approximate surface area is 103 Å². The predicted octanol–water partition coefficient (Wildman–Crippen LogP) is 2.67. The van der Waals surface area contributed by atoms with E-state index in [2.05, 4.69) is 4.98 Å². The van der Waals surface area contributed by atoms with Crippen LogP contribution in [0.15, 0.2) is 36.5 Å². The maximum atomic E-state index is 10.9. The molecule has 0 bridgehead atoms. The highest BCUT2D eigenvalue weighted by molar-refractivity contribution is 5.50. The molecule has 2 rings (SSSR count). The molecule has 0 amide bonds. The van der Waals surface area contributed by atoms with Crippen LogP contribution in [0, 0.1) is 17.0 Å². The molecule has 1 heterocycles. The summed E-state index contributed by atoms with van der Waals surface area (Å²) >= 11 is 0. The number of pyridine rings is 1. The Morgan fingerprint density at radius 1 is 1.33 bits per heavy atom. The first-order valence-electron chi connectivity index (χ1n) is 5.20. The van der Waals surface area contributed by atoms with Crippen molar-refractivity contribution in [3.63, 3.8) is 0 Å². The molecule has 1 aromatic carbocycles. The quantitative estimate of drug-likeness (QED) is 0.663. The normalized spacial score (nSPS) is 10.1. The zero-order valence-electron chi connectivity index (χ0n) is 9.66. The van der Waals surface area contributed by atoms with Crippen LogP contribution in [0.4, 0.5) is 11.4 Å². The van der Waals surface area contributed by atoms with Gasteiger partial charge in [0, 0.05) is 24.0 Å². The molecule has 0 aliphatic carbocycles. The molecule has 0 spiro atoms. The van der Waals surface area contributed by atoms with Crippen LogP contribution in [0.25, 0.3) is 0 Å². The van der Waals surface area contributed by atoms with Gasteiger partial charge in [-0.25, -0.2) is 4.98 Å². The number of nitrogens with two attached hydrogens (primary N) is 1. The van der Waals surface area contributed by atoms with Gasteiger partial charge in [0.05, 0.1) is 4.92 Å². The lowest BCUT2D eigenvalue weighted by atomic mass is 10.2. The highest BCUT2D eigenvalue weighted by Gasteiger charge is 2.16. The number of anilines is 1. The second-order valence-electron chi connectivity index (χ2n) is 3.76. The number of hydrogen-bond donors (Lipinski definition) is 1. The molecule has 6 nitrogen and oxygen atoms in total. The summed E-state index contributed by atoms with van der Waals surface area (Å²) in [6, 6.07) is 7.83. The Balaban J connectivity index is 2.37. The van der Waals surface area contributed by atoms with Crippen molar-refractivity contribution < 1.29 is 9.66 Å². The summed E-state index contributed by atoms with van der Waals surface area (Å²) < 4.78 is 5.37. The van der Waals surface area contributed by atoms with Crippen LogP contribution < -0.4 is 10.5 Å². The number of nitrogen functional groups attached to an aromatic ring is 1. The maximum Gasteiger partial charge on any atom is 0.311 e. The number of benzene rings is 1. The summed E-state index contributed by atoms with van der Waals surface area (Å²) in [6.45, 7) is 1.77. The van der Waals surface area contributed by atoms with E-state index in [-0.39, 0.29) is 17.3 Å². The molecule has 0 saturated heterocycles. The van der Waals surface area contributed by atoms with Gasteiger partial charge in [0.25, 0.3) is 0 Å². The van der Waals surface area contributed by atoms with E-state index in [1.807, 2.05) is 0 Å². The first-order valence-corrected chi connectivity index (χ1v) is 5.20. The fraction of sp³-hybridized carbons (Fsp3) is 0.0833. The van der Waals surface area contributed by atoms with Crippen LogP contribution in [0.3, 0.4) is 0 Å². The van der Waals surface area contributed by atoms with Crippen molar-refractivity contribution >= 4 is 11.4 Å². The maximum absolute atomic E-state index is 10.9. The van der Waals surface area contributed by atoms with E-state index in [0.717, 1.165) is 5.56 Å². The minimum Gasteiger partial charge on any atom is -0.432 e. The van der Waals surface area contributed by atoms with Crippen molar-refractivity contribution in [3.05, 3.63) is 52.2 Å². The number of ether oxygens (including phenoxy) is 1. The second kappa shape index (κ2) is 4.70. The molecular weight excluding hydrogens is 234 g/mol. The number of aryl methyl sites for hydroxylation is 1. The molecule has 18 heavy (non-hydrogen) atoms. The van der Waals surface area contributed by atoms with Gasteiger partial charge >= 0.3 is 5.69 Å². The van der Waals surface area contributed by atoms with Crippen molar-refractivity contribution in [3.8, 4) is 11.6 Å². The standard InChI is InChI=1S/C12H11N3O3/c1-8-2-3-11(10(6-8)15(16)17)18-12-7-9(13)4-5-14-12/h2-7H,1H3,(H2,13,14). The SMILES string of the molecule is Cc1ccc(Oc2cc(N)ccn2)c([N+](=O)[O-])c1. The van der Waals surface area contributed by atoms with Gasteiger partial charge in [0.15, 0.2) is 0 Å². The number of nitrogens with zero attached hydrogens (tertiary/aromatic N) is 2. The van der Waals surface area contributed by atoms with E-state index in [9.17, 15) is 10.1 Å². The van der Waals surface area contributed by atoms with E-state index in [1.54, 1.807) is 25.1 Å². The van der Waals surface area contributed by atoms with E-state index in [0.29, 0.717) is 5.69 Å². The summed E-state index contributed by atoms with van der Waals surface area (Å²) in [7, 11) is 0. The monoisotopic (exact) mass is 245 g/mol. The molecule has 0 aliphatic heterocycles. The fourth-order valence-electron chi connectivity index (χ4n) is 1.45. The number of nitro benzene ring substituents is 1. The van der Waals surface area contributed by atoms with Crippen molar-refractivity contribution in [2.75, 3.05) is 5.73 Å². The average Bonchev–Trinajstić information content (AvgIpc) is 2.31. The van der Waals surface area contributed by atoms with Crippen LogP contribution in [0.2, 0.25) is 0 Å². The van der Waals surface area contributed by atoms with Crippen molar-refractivity contribution in [1.82, 2.24) is 4.98 Å². The van der Waals surface area contributed by atoms with Gasteiger partial charge < -0.3 is 10.5 Å². The largest absolute Gasteiger partial charge is 0.432 e. The molecule has 6 heteroatoms. The zero-order chi connectivity index (χ0) is 13.1. The second-order valence-corrected chi connectivity index (χ2v) is 3.76. The molecule has 0 saturated carbocycles.